The van der Waals surface area contributed by atoms with Crippen LogP contribution >= 0.6 is 46.4 Å². The van der Waals surface area contributed by atoms with Crippen LogP contribution in [0.2, 0.25) is 20.1 Å². The summed E-state index contributed by atoms with van der Waals surface area (Å²) < 4.78 is 5.95. The number of hydrogen-bond donors (Lipinski definition) is 2. The Bertz CT molecular complexity index is 1480. The van der Waals surface area contributed by atoms with Gasteiger partial charge in [0.25, 0.3) is 5.91 Å². The minimum absolute atomic E-state index is 0.0496. The smallest absolute Gasteiger partial charge is 0.256 e. The number of carbonyl (C=O) groups excluding carboxylic acids is 1. The molecule has 2 N–H and O–H groups in total. The molecule has 4 aromatic carbocycles. The lowest BCUT2D eigenvalue weighted by Crippen LogP contribution is -2.15. The van der Waals surface area contributed by atoms with Gasteiger partial charge in [-0.3, -0.25) is 4.79 Å². The third-order valence-electron chi connectivity index (χ3n) is 6.63. The van der Waals surface area contributed by atoms with Gasteiger partial charge in [0.2, 0.25) is 0 Å². The number of anilines is 1. The lowest BCUT2D eigenvalue weighted by atomic mass is 9.89. The zero-order chi connectivity index (χ0) is 29.4. The van der Waals surface area contributed by atoms with Crippen molar-refractivity contribution in [2.24, 2.45) is 0 Å². The van der Waals surface area contributed by atoms with Crippen LogP contribution in [0.15, 0.2) is 72.8 Å². The van der Waals surface area contributed by atoms with Crippen LogP contribution < -0.4 is 10.1 Å². The largest absolute Gasteiger partial charge is 0.491 e. The molecule has 0 aliphatic carbocycles. The Morgan fingerprint density at radius 1 is 0.780 bits per heavy atom. The quantitative estimate of drug-likeness (QED) is 0.153. The average molecular weight is 631 g/mol. The summed E-state index contributed by atoms with van der Waals surface area (Å²) in [4.78, 5) is 14.0. The van der Waals surface area contributed by atoms with Crippen molar-refractivity contribution in [3.8, 4) is 28.0 Å². The number of para-hydroxylation sites is 1. The fourth-order valence-corrected chi connectivity index (χ4v) is 5.88. The number of hydrogen-bond acceptors (Lipinski definition) is 3. The van der Waals surface area contributed by atoms with Crippen LogP contribution in [0.25, 0.3) is 22.3 Å². The number of benzene rings is 4. The van der Waals surface area contributed by atoms with Gasteiger partial charge in [-0.15, -0.1) is 0 Å². The molecule has 1 amide bonds. The summed E-state index contributed by atoms with van der Waals surface area (Å²) >= 11 is 25.7. The van der Waals surface area contributed by atoms with Crippen LogP contribution in [0.3, 0.4) is 0 Å². The molecule has 0 aromatic heterocycles. The summed E-state index contributed by atoms with van der Waals surface area (Å²) in [5.74, 6) is 0.136. The molecule has 41 heavy (non-hydrogen) atoms. The molecule has 0 saturated carbocycles. The van der Waals surface area contributed by atoms with Crippen molar-refractivity contribution in [2.45, 2.75) is 39.0 Å². The summed E-state index contributed by atoms with van der Waals surface area (Å²) in [7, 11) is 0. The molecular weight excluding hydrogens is 600 g/mol. The Labute approximate surface area is 261 Å². The highest BCUT2D eigenvalue weighted by Gasteiger charge is 2.24. The van der Waals surface area contributed by atoms with E-state index in [4.69, 9.17) is 51.1 Å². The second kappa shape index (κ2) is 14.9. The van der Waals surface area contributed by atoms with Crippen LogP contribution in [0.4, 0.5) is 5.69 Å². The van der Waals surface area contributed by atoms with E-state index in [9.17, 15) is 9.90 Å². The van der Waals surface area contributed by atoms with Gasteiger partial charge in [0.1, 0.15) is 12.4 Å². The number of rotatable bonds is 12. The Morgan fingerprint density at radius 2 is 1.39 bits per heavy atom. The first kappa shape index (κ1) is 31.2. The van der Waals surface area contributed by atoms with Crippen LogP contribution in [-0.4, -0.2) is 24.2 Å². The monoisotopic (exact) mass is 629 g/mol. The second-order valence-corrected chi connectivity index (χ2v) is 11.4. The van der Waals surface area contributed by atoms with Gasteiger partial charge in [-0.1, -0.05) is 90.8 Å². The lowest BCUT2D eigenvalue weighted by molar-refractivity contribution is 0.102. The van der Waals surface area contributed by atoms with Crippen LogP contribution in [0, 0.1) is 0 Å². The van der Waals surface area contributed by atoms with Gasteiger partial charge < -0.3 is 15.2 Å². The van der Waals surface area contributed by atoms with Gasteiger partial charge in [-0.25, -0.2) is 0 Å². The van der Waals surface area contributed by atoms with E-state index in [0.29, 0.717) is 53.7 Å². The molecule has 0 saturated heterocycles. The topological polar surface area (TPSA) is 58.6 Å². The number of nitrogens with one attached hydrogen (secondary N) is 1. The molecule has 8 heteroatoms. The maximum atomic E-state index is 14.0. The Kier molecular flexibility index (Phi) is 11.4. The minimum Gasteiger partial charge on any atom is -0.491 e. The van der Waals surface area contributed by atoms with Gasteiger partial charge in [-0.2, -0.15) is 0 Å². The van der Waals surface area contributed by atoms with Crippen molar-refractivity contribution < 1.29 is 14.6 Å². The highest BCUT2D eigenvalue weighted by Crippen LogP contribution is 2.44. The van der Waals surface area contributed by atoms with Crippen molar-refractivity contribution in [3.63, 3.8) is 0 Å². The van der Waals surface area contributed by atoms with Crippen molar-refractivity contribution in [2.75, 3.05) is 18.5 Å². The molecule has 0 unspecified atom stereocenters. The predicted molar refractivity (Wildman–Crippen MR) is 172 cm³/mol. The van der Waals surface area contributed by atoms with Crippen LogP contribution in [0.1, 0.15) is 48.5 Å². The molecule has 4 aromatic rings. The maximum absolute atomic E-state index is 14.0. The van der Waals surface area contributed by atoms with E-state index in [2.05, 4.69) is 12.2 Å². The molecule has 0 atom stereocenters. The molecule has 0 fully saturated rings. The summed E-state index contributed by atoms with van der Waals surface area (Å²) in [6, 6.07) is 21.5. The molecular formula is C33H31Cl4NO3. The van der Waals surface area contributed by atoms with Gasteiger partial charge >= 0.3 is 0 Å². The standard InChI is InChI=1S/C33H31Cl4NO3/c1-2-3-4-5-8-21-9-6-7-10-29(21)38-33(40)28-11-12-30(41-14-13-39)32(23-17-26(36)20-27(37)18-23)31(28)22-15-24(34)19-25(35)16-22/h6-7,9-12,15-20,39H,2-5,8,13-14H2,1H3,(H,38,40). The normalized spacial score (nSPS) is 11.0. The average Bonchev–Trinajstić information content (AvgIpc) is 2.93. The van der Waals surface area contributed by atoms with E-state index in [1.54, 1.807) is 48.5 Å². The first-order chi connectivity index (χ1) is 19.8. The fraction of sp³-hybridized carbons (Fsp3) is 0.242. The first-order valence-electron chi connectivity index (χ1n) is 13.5. The molecule has 0 aliphatic heterocycles. The molecule has 0 aliphatic rings. The number of carbonyl (C=O) groups is 1. The Hall–Kier alpha value is -2.73. The summed E-state index contributed by atoms with van der Waals surface area (Å²) in [6.45, 7) is 2.05. The third kappa shape index (κ3) is 8.18. The lowest BCUT2D eigenvalue weighted by Gasteiger charge is -2.21. The van der Waals surface area contributed by atoms with E-state index in [1.807, 2.05) is 24.3 Å². The first-order valence-corrected chi connectivity index (χ1v) is 15.0. The Balaban J connectivity index is 1.89. The third-order valence-corrected chi connectivity index (χ3v) is 7.50. The number of aryl methyl sites for hydroxylation is 1. The number of unbranched alkanes of at least 4 members (excludes halogenated alkanes) is 3. The molecule has 214 valence electrons. The van der Waals surface area contributed by atoms with Gasteiger partial charge in [0.05, 0.1) is 6.61 Å². The van der Waals surface area contributed by atoms with E-state index >= 15 is 0 Å². The van der Waals surface area contributed by atoms with Gasteiger partial charge in [-0.05, 0) is 84.1 Å². The van der Waals surface area contributed by atoms with E-state index in [0.717, 1.165) is 36.9 Å². The highest BCUT2D eigenvalue weighted by atomic mass is 35.5. The number of halogens is 4. The van der Waals surface area contributed by atoms with Crippen molar-refractivity contribution in [1.29, 1.82) is 0 Å². The minimum atomic E-state index is -0.305. The Morgan fingerprint density at radius 3 is 2.00 bits per heavy atom. The fourth-order valence-electron chi connectivity index (χ4n) is 4.82. The molecule has 0 heterocycles. The summed E-state index contributed by atoms with van der Waals surface area (Å²) in [5.41, 5.74) is 4.58. The predicted octanol–water partition coefficient (Wildman–Crippen LogP) is 10.4. The molecule has 4 nitrogen and oxygen atoms in total. The van der Waals surface area contributed by atoms with Gasteiger partial charge in [0.15, 0.2) is 0 Å². The molecule has 0 bridgehead atoms. The number of ether oxygens (including phenoxy) is 1. The molecule has 0 radical (unpaired) electrons. The molecule has 0 spiro atoms. The number of aliphatic hydroxyl groups excluding tert-OH is 1. The van der Waals surface area contributed by atoms with Crippen molar-refractivity contribution >= 4 is 58.0 Å². The maximum Gasteiger partial charge on any atom is 0.256 e. The van der Waals surface area contributed by atoms with Crippen molar-refractivity contribution in [1.82, 2.24) is 0 Å². The van der Waals surface area contributed by atoms with Crippen molar-refractivity contribution in [3.05, 3.63) is 104 Å². The highest BCUT2D eigenvalue weighted by molar-refractivity contribution is 6.36. The van der Waals surface area contributed by atoms with Crippen LogP contribution in [0.5, 0.6) is 5.75 Å². The summed E-state index contributed by atoms with van der Waals surface area (Å²) in [5, 5.41) is 14.3. The van der Waals surface area contributed by atoms with E-state index in [1.165, 1.54) is 6.42 Å². The molecule has 4 rings (SSSR count). The van der Waals surface area contributed by atoms with Crippen LogP contribution in [-0.2, 0) is 6.42 Å². The second-order valence-electron chi connectivity index (χ2n) is 9.67. The number of amides is 1. The number of aliphatic hydroxyl groups is 1. The van der Waals surface area contributed by atoms with E-state index < -0.39 is 0 Å². The SMILES string of the molecule is CCCCCCc1ccccc1NC(=O)c1ccc(OCCO)c(-c2cc(Cl)cc(Cl)c2)c1-c1cc(Cl)cc(Cl)c1. The van der Waals surface area contributed by atoms with Gasteiger partial charge in [0, 0.05) is 42.5 Å². The zero-order valence-electron chi connectivity index (χ0n) is 22.7. The van der Waals surface area contributed by atoms with E-state index in [-0.39, 0.29) is 19.1 Å². The summed E-state index contributed by atoms with van der Waals surface area (Å²) in [6.07, 6.45) is 5.39. The zero-order valence-corrected chi connectivity index (χ0v) is 25.7.